The van der Waals surface area contributed by atoms with Gasteiger partial charge in [-0.05, 0) is 72.7 Å². The van der Waals surface area contributed by atoms with Crippen LogP contribution in [0.5, 0.6) is 0 Å². The Morgan fingerprint density at radius 2 is 1.54 bits per heavy atom. The SMILES string of the molecule is CC(=O)/C=C(/C)O.Cc1[c-]c(-c2cc3cc(-c4ccc(-c5c(C)cccc5C)cc4)sc3cn2)cc(C)c1.[Ir]. The number of ketones is 1. The first kappa shape index (κ1) is 30.2. The van der Waals surface area contributed by atoms with Gasteiger partial charge in [-0.15, -0.1) is 46.2 Å². The maximum atomic E-state index is 10.0. The van der Waals surface area contributed by atoms with Gasteiger partial charge in [0.1, 0.15) is 0 Å². The average molecular weight is 711 g/mol. The van der Waals surface area contributed by atoms with Crippen molar-refractivity contribution in [2.45, 2.75) is 41.5 Å². The third-order valence-electron chi connectivity index (χ3n) is 6.18. The van der Waals surface area contributed by atoms with E-state index >= 15 is 0 Å². The first-order valence-corrected chi connectivity index (χ1v) is 13.4. The molecule has 39 heavy (non-hydrogen) atoms. The van der Waals surface area contributed by atoms with Crippen LogP contribution in [-0.2, 0) is 24.9 Å². The Kier molecular flexibility index (Phi) is 10.2. The van der Waals surface area contributed by atoms with Crippen LogP contribution < -0.4 is 0 Å². The Labute approximate surface area is 248 Å². The fourth-order valence-corrected chi connectivity index (χ4v) is 5.65. The second-order valence-electron chi connectivity index (χ2n) is 9.71. The zero-order valence-corrected chi connectivity index (χ0v) is 26.3. The molecule has 1 N–H and O–H groups in total. The van der Waals surface area contributed by atoms with Gasteiger partial charge in [-0.2, -0.15) is 0 Å². The number of hydrogen-bond donors (Lipinski definition) is 1. The molecule has 5 rings (SSSR count). The van der Waals surface area contributed by atoms with Gasteiger partial charge in [0, 0.05) is 37.3 Å². The maximum absolute atomic E-state index is 10.0. The zero-order chi connectivity index (χ0) is 27.4. The number of aliphatic hydroxyl groups excluding tert-OH is 1. The van der Waals surface area contributed by atoms with E-state index < -0.39 is 0 Å². The van der Waals surface area contributed by atoms with E-state index in [1.807, 2.05) is 6.20 Å². The van der Waals surface area contributed by atoms with E-state index in [0.29, 0.717) is 0 Å². The molecule has 0 fully saturated rings. The van der Waals surface area contributed by atoms with E-state index in [0.717, 1.165) is 16.8 Å². The van der Waals surface area contributed by atoms with Crippen molar-refractivity contribution in [3.63, 3.8) is 0 Å². The third-order valence-corrected chi connectivity index (χ3v) is 7.31. The van der Waals surface area contributed by atoms with E-state index in [9.17, 15) is 4.79 Å². The van der Waals surface area contributed by atoms with Gasteiger partial charge in [-0.1, -0.05) is 62.4 Å². The molecular weight excluding hydrogens is 679 g/mol. The van der Waals surface area contributed by atoms with Gasteiger partial charge in [0.15, 0.2) is 5.78 Å². The minimum Gasteiger partial charge on any atom is -0.512 e. The number of pyridine rings is 1. The molecule has 0 amide bonds. The summed E-state index contributed by atoms with van der Waals surface area (Å²) in [5.41, 5.74) is 10.9. The van der Waals surface area contributed by atoms with Gasteiger partial charge < -0.3 is 10.1 Å². The van der Waals surface area contributed by atoms with Crippen LogP contribution in [0, 0.1) is 33.8 Å². The molecular formula is C34H32IrNO2S-. The molecule has 201 valence electrons. The predicted molar refractivity (Wildman–Crippen MR) is 161 cm³/mol. The number of thiophene rings is 1. The molecule has 2 heterocycles. The fraction of sp³-hybridized carbons (Fsp3) is 0.176. The summed E-state index contributed by atoms with van der Waals surface area (Å²) >= 11 is 1.80. The maximum Gasteiger partial charge on any atom is 0.155 e. The number of aryl methyl sites for hydroxylation is 4. The quantitative estimate of drug-likeness (QED) is 0.115. The second kappa shape index (κ2) is 13.1. The van der Waals surface area contributed by atoms with Gasteiger partial charge in [0.25, 0.3) is 0 Å². The van der Waals surface area contributed by atoms with Crippen LogP contribution in [-0.4, -0.2) is 15.9 Å². The van der Waals surface area contributed by atoms with E-state index in [1.165, 1.54) is 68.3 Å². The molecule has 0 aliphatic carbocycles. The van der Waals surface area contributed by atoms with Crippen LogP contribution in [0.4, 0.5) is 0 Å². The Bertz CT molecular complexity index is 1600. The number of carbonyl (C=O) groups excluding carboxylic acids is 1. The Hall–Kier alpha value is -3.37. The van der Waals surface area contributed by atoms with Gasteiger partial charge in [0.05, 0.1) is 10.5 Å². The number of aliphatic hydroxyl groups is 1. The monoisotopic (exact) mass is 711 g/mol. The van der Waals surface area contributed by atoms with Crippen molar-refractivity contribution in [2.24, 2.45) is 0 Å². The number of nitrogens with zero attached hydrogens (tertiary/aromatic N) is 1. The van der Waals surface area contributed by atoms with E-state index in [4.69, 9.17) is 10.1 Å². The Morgan fingerprint density at radius 1 is 0.897 bits per heavy atom. The van der Waals surface area contributed by atoms with Crippen LogP contribution >= 0.6 is 11.3 Å². The number of aromatic nitrogens is 1. The molecule has 0 spiro atoms. The molecule has 3 nitrogen and oxygen atoms in total. The molecule has 0 saturated heterocycles. The van der Waals surface area contributed by atoms with E-state index in [-0.39, 0.29) is 31.6 Å². The van der Waals surface area contributed by atoms with Crippen LogP contribution in [0.3, 0.4) is 0 Å². The number of rotatable bonds is 4. The van der Waals surface area contributed by atoms with Crippen molar-refractivity contribution in [1.82, 2.24) is 4.98 Å². The third kappa shape index (κ3) is 7.60. The van der Waals surface area contributed by atoms with Crippen LogP contribution in [0.15, 0.2) is 84.8 Å². The van der Waals surface area contributed by atoms with Crippen LogP contribution in [0.25, 0.3) is 42.9 Å². The smallest absolute Gasteiger partial charge is 0.155 e. The van der Waals surface area contributed by atoms with Gasteiger partial charge in [0.2, 0.25) is 0 Å². The predicted octanol–water partition coefficient (Wildman–Crippen LogP) is 9.37. The number of hydrogen-bond acceptors (Lipinski definition) is 4. The van der Waals surface area contributed by atoms with Crippen molar-refractivity contribution in [2.75, 3.05) is 0 Å². The summed E-state index contributed by atoms with van der Waals surface area (Å²) in [5, 5.41) is 9.60. The molecule has 5 aromatic rings. The van der Waals surface area contributed by atoms with Crippen LogP contribution in [0.1, 0.15) is 36.1 Å². The fourth-order valence-electron chi connectivity index (χ4n) is 4.63. The van der Waals surface area contributed by atoms with Gasteiger partial charge in [-0.3, -0.25) is 4.79 Å². The van der Waals surface area contributed by atoms with Crippen molar-refractivity contribution in [1.29, 1.82) is 0 Å². The van der Waals surface area contributed by atoms with Gasteiger partial charge >= 0.3 is 0 Å². The number of carbonyl (C=O) groups is 1. The van der Waals surface area contributed by atoms with E-state index in [1.54, 1.807) is 11.3 Å². The molecule has 5 heteroatoms. The van der Waals surface area contributed by atoms with Crippen molar-refractivity contribution in [3.05, 3.63) is 113 Å². The summed E-state index contributed by atoms with van der Waals surface area (Å²) in [6.45, 7) is 11.4. The summed E-state index contributed by atoms with van der Waals surface area (Å²) < 4.78 is 1.21. The first-order chi connectivity index (χ1) is 18.1. The average Bonchev–Trinajstić information content (AvgIpc) is 3.27. The normalized spacial score (nSPS) is 11.0. The molecule has 3 aromatic carbocycles. The minimum absolute atomic E-state index is 0. The number of allylic oxidation sites excluding steroid dienone is 2. The molecule has 0 unspecified atom stereocenters. The second-order valence-corrected chi connectivity index (χ2v) is 10.8. The first-order valence-electron chi connectivity index (χ1n) is 12.6. The van der Waals surface area contributed by atoms with Crippen molar-refractivity contribution < 1.29 is 30.0 Å². The van der Waals surface area contributed by atoms with Crippen molar-refractivity contribution in [3.8, 4) is 32.8 Å². The molecule has 1 radical (unpaired) electrons. The summed E-state index contributed by atoms with van der Waals surface area (Å²) in [6.07, 6.45) is 3.16. The summed E-state index contributed by atoms with van der Waals surface area (Å²) in [4.78, 5) is 16.0. The largest absolute Gasteiger partial charge is 0.512 e. The molecule has 0 bridgehead atoms. The number of fused-ring (bicyclic) bond motifs is 1. The van der Waals surface area contributed by atoms with Gasteiger partial charge in [-0.25, -0.2) is 0 Å². The number of benzene rings is 3. The zero-order valence-electron chi connectivity index (χ0n) is 23.0. The molecule has 2 aromatic heterocycles. The molecule has 0 saturated carbocycles. The molecule has 0 aliphatic rings. The molecule has 0 aliphatic heterocycles. The standard InChI is InChI=1S/C29H24NS.C5H8O2.Ir/c1-18-12-19(2)14-24(13-18)26-15-25-16-27(31-28(25)17-30-26)22-8-10-23(11-9-22)29-20(3)6-5-7-21(29)4;1-4(6)3-5(2)7;/h5-13,15-17H,1-4H3;3,6H,1-2H3;/q-1;;/b;4-3-;. The van der Waals surface area contributed by atoms with Crippen LogP contribution in [0.2, 0.25) is 0 Å². The van der Waals surface area contributed by atoms with E-state index in [2.05, 4.69) is 100 Å². The Morgan fingerprint density at radius 3 is 2.10 bits per heavy atom. The van der Waals surface area contributed by atoms with Crippen molar-refractivity contribution >= 4 is 27.2 Å². The summed E-state index contributed by atoms with van der Waals surface area (Å²) in [7, 11) is 0. The topological polar surface area (TPSA) is 50.2 Å². The molecule has 0 atom stereocenters. The Balaban J connectivity index is 0.000000468. The summed E-state index contributed by atoms with van der Waals surface area (Å²) in [5.74, 6) is -0.0625. The minimum atomic E-state index is -0.125. The summed E-state index contributed by atoms with van der Waals surface area (Å²) in [6, 6.07) is 27.6.